The van der Waals surface area contributed by atoms with Crippen molar-refractivity contribution in [3.8, 4) is 11.3 Å². The number of amides is 1. The Balaban J connectivity index is 1.53. The molecule has 0 aliphatic carbocycles. The van der Waals surface area contributed by atoms with Crippen molar-refractivity contribution in [2.75, 3.05) is 0 Å². The standard InChI is InChI=1S/C22H17NO2S2/c1-15-7-9-17(10-8-15)19-12-11-18(25-19)13-20-21(24)23(22(26)27-20)14-16-5-3-2-4-6-16/h2-13H,14H2,1H3/b20-13+. The quantitative estimate of drug-likeness (QED) is 0.425. The van der Waals surface area contributed by atoms with Gasteiger partial charge in [-0.1, -0.05) is 84.1 Å². The molecule has 1 fully saturated rings. The van der Waals surface area contributed by atoms with Crippen molar-refractivity contribution >= 4 is 40.3 Å². The molecule has 1 aliphatic rings. The van der Waals surface area contributed by atoms with Gasteiger partial charge in [0.15, 0.2) is 0 Å². The minimum absolute atomic E-state index is 0.0814. The van der Waals surface area contributed by atoms with Gasteiger partial charge in [-0.05, 0) is 24.6 Å². The Kier molecular flexibility index (Phi) is 4.97. The highest BCUT2D eigenvalue weighted by molar-refractivity contribution is 8.26. The highest BCUT2D eigenvalue weighted by Gasteiger charge is 2.32. The van der Waals surface area contributed by atoms with Gasteiger partial charge in [0.2, 0.25) is 0 Å². The maximum atomic E-state index is 12.7. The highest BCUT2D eigenvalue weighted by Crippen LogP contribution is 2.34. The van der Waals surface area contributed by atoms with Gasteiger partial charge in [0.25, 0.3) is 5.91 Å². The summed E-state index contributed by atoms with van der Waals surface area (Å²) in [5.41, 5.74) is 3.26. The van der Waals surface area contributed by atoms with E-state index in [1.807, 2.05) is 66.7 Å². The van der Waals surface area contributed by atoms with E-state index in [1.165, 1.54) is 17.3 Å². The summed E-state index contributed by atoms with van der Waals surface area (Å²) < 4.78 is 6.47. The molecule has 27 heavy (non-hydrogen) atoms. The van der Waals surface area contributed by atoms with Crippen LogP contribution in [0.5, 0.6) is 0 Å². The van der Waals surface area contributed by atoms with E-state index < -0.39 is 0 Å². The van der Waals surface area contributed by atoms with E-state index in [1.54, 1.807) is 11.0 Å². The van der Waals surface area contributed by atoms with Gasteiger partial charge in [-0.25, -0.2) is 0 Å². The summed E-state index contributed by atoms with van der Waals surface area (Å²) in [6.07, 6.45) is 1.77. The van der Waals surface area contributed by atoms with E-state index in [4.69, 9.17) is 16.6 Å². The van der Waals surface area contributed by atoms with Crippen molar-refractivity contribution in [3.05, 3.63) is 88.5 Å². The molecule has 3 nitrogen and oxygen atoms in total. The first-order chi connectivity index (χ1) is 13.1. The van der Waals surface area contributed by atoms with E-state index in [2.05, 4.69) is 6.92 Å². The summed E-state index contributed by atoms with van der Waals surface area (Å²) in [5.74, 6) is 1.34. The monoisotopic (exact) mass is 391 g/mol. The average molecular weight is 392 g/mol. The Morgan fingerprint density at radius 2 is 1.78 bits per heavy atom. The van der Waals surface area contributed by atoms with Gasteiger partial charge in [0, 0.05) is 11.6 Å². The zero-order chi connectivity index (χ0) is 18.8. The molecule has 4 rings (SSSR count). The molecule has 3 aromatic rings. The van der Waals surface area contributed by atoms with E-state index >= 15 is 0 Å². The maximum Gasteiger partial charge on any atom is 0.266 e. The van der Waals surface area contributed by atoms with Crippen LogP contribution in [0.1, 0.15) is 16.9 Å². The summed E-state index contributed by atoms with van der Waals surface area (Å²) in [6, 6.07) is 21.8. The molecule has 2 aromatic carbocycles. The molecule has 0 radical (unpaired) electrons. The number of hydrogen-bond donors (Lipinski definition) is 0. The predicted molar refractivity (Wildman–Crippen MR) is 114 cm³/mol. The Labute approximate surface area is 167 Å². The van der Waals surface area contributed by atoms with Crippen LogP contribution in [0.4, 0.5) is 0 Å². The fourth-order valence-corrected chi connectivity index (χ4v) is 4.07. The molecule has 1 aromatic heterocycles. The predicted octanol–water partition coefficient (Wildman–Crippen LogP) is 5.66. The van der Waals surface area contributed by atoms with Crippen LogP contribution in [0.25, 0.3) is 17.4 Å². The number of thiocarbonyl (C=S) groups is 1. The molecular weight excluding hydrogens is 374 g/mol. The molecule has 0 atom stereocenters. The first-order valence-corrected chi connectivity index (χ1v) is 9.79. The van der Waals surface area contributed by atoms with Crippen molar-refractivity contribution < 1.29 is 9.21 Å². The lowest BCUT2D eigenvalue weighted by molar-refractivity contribution is -0.122. The van der Waals surface area contributed by atoms with Crippen LogP contribution in [0.2, 0.25) is 0 Å². The van der Waals surface area contributed by atoms with E-state index in [0.717, 1.165) is 16.9 Å². The van der Waals surface area contributed by atoms with Gasteiger partial charge in [-0.2, -0.15) is 0 Å². The van der Waals surface area contributed by atoms with Crippen LogP contribution < -0.4 is 0 Å². The fraction of sp³-hybridized carbons (Fsp3) is 0.0909. The van der Waals surface area contributed by atoms with Gasteiger partial charge in [-0.3, -0.25) is 9.69 Å². The summed E-state index contributed by atoms with van der Waals surface area (Å²) >= 11 is 6.71. The Bertz CT molecular complexity index is 1020. The molecule has 134 valence electrons. The number of aryl methyl sites for hydroxylation is 1. The second-order valence-corrected chi connectivity index (χ2v) is 8.00. The van der Waals surface area contributed by atoms with Gasteiger partial charge < -0.3 is 4.42 Å². The normalized spacial score (nSPS) is 15.7. The first-order valence-electron chi connectivity index (χ1n) is 8.56. The average Bonchev–Trinajstić information content (AvgIpc) is 3.24. The van der Waals surface area contributed by atoms with Crippen LogP contribution in [0.15, 0.2) is 76.1 Å². The second-order valence-electron chi connectivity index (χ2n) is 6.32. The minimum Gasteiger partial charge on any atom is -0.457 e. The van der Waals surface area contributed by atoms with Crippen LogP contribution in [0, 0.1) is 6.92 Å². The van der Waals surface area contributed by atoms with Crippen LogP contribution in [0.3, 0.4) is 0 Å². The zero-order valence-electron chi connectivity index (χ0n) is 14.7. The van der Waals surface area contributed by atoms with Gasteiger partial charge in [-0.15, -0.1) is 0 Å². The number of carbonyl (C=O) groups excluding carboxylic acids is 1. The highest BCUT2D eigenvalue weighted by atomic mass is 32.2. The number of nitrogens with zero attached hydrogens (tertiary/aromatic N) is 1. The van der Waals surface area contributed by atoms with Crippen molar-refractivity contribution in [2.45, 2.75) is 13.5 Å². The van der Waals surface area contributed by atoms with Crippen molar-refractivity contribution in [1.29, 1.82) is 0 Å². The SMILES string of the molecule is Cc1ccc(-c2ccc(/C=C3/SC(=S)N(Cc4ccccc4)C3=O)o2)cc1. The molecule has 0 saturated carbocycles. The number of benzene rings is 2. The summed E-state index contributed by atoms with van der Waals surface area (Å²) in [4.78, 5) is 15.0. The lowest BCUT2D eigenvalue weighted by atomic mass is 10.1. The third-order valence-electron chi connectivity index (χ3n) is 4.29. The molecule has 1 amide bonds. The van der Waals surface area contributed by atoms with Gasteiger partial charge in [0.05, 0.1) is 11.4 Å². The number of carbonyl (C=O) groups is 1. The van der Waals surface area contributed by atoms with E-state index in [-0.39, 0.29) is 5.91 Å². The largest absolute Gasteiger partial charge is 0.457 e. The van der Waals surface area contributed by atoms with Crippen molar-refractivity contribution in [1.82, 2.24) is 4.90 Å². The van der Waals surface area contributed by atoms with Crippen LogP contribution in [-0.4, -0.2) is 15.1 Å². The maximum absolute atomic E-state index is 12.7. The summed E-state index contributed by atoms with van der Waals surface area (Å²) in [7, 11) is 0. The molecule has 2 heterocycles. The van der Waals surface area contributed by atoms with E-state index in [9.17, 15) is 4.79 Å². The molecular formula is C22H17NO2S2. The van der Waals surface area contributed by atoms with Gasteiger partial charge >= 0.3 is 0 Å². The lowest BCUT2D eigenvalue weighted by Gasteiger charge is -2.14. The number of furan rings is 1. The van der Waals surface area contributed by atoms with Crippen molar-refractivity contribution in [3.63, 3.8) is 0 Å². The van der Waals surface area contributed by atoms with Crippen LogP contribution >= 0.6 is 24.0 Å². The molecule has 0 bridgehead atoms. The molecule has 0 unspecified atom stereocenters. The van der Waals surface area contributed by atoms with Crippen molar-refractivity contribution in [2.24, 2.45) is 0 Å². The lowest BCUT2D eigenvalue weighted by Crippen LogP contribution is -2.27. The molecule has 0 spiro atoms. The smallest absolute Gasteiger partial charge is 0.266 e. The number of rotatable bonds is 4. The summed E-state index contributed by atoms with van der Waals surface area (Å²) in [6.45, 7) is 2.53. The summed E-state index contributed by atoms with van der Waals surface area (Å²) in [5, 5.41) is 0. The topological polar surface area (TPSA) is 33.5 Å². The fourth-order valence-electron chi connectivity index (χ4n) is 2.83. The van der Waals surface area contributed by atoms with Gasteiger partial charge in [0.1, 0.15) is 15.8 Å². The van der Waals surface area contributed by atoms with Crippen LogP contribution in [-0.2, 0) is 11.3 Å². The van der Waals surface area contributed by atoms with E-state index in [0.29, 0.717) is 21.5 Å². The third-order valence-corrected chi connectivity index (χ3v) is 5.67. The third kappa shape index (κ3) is 3.89. The number of hydrogen-bond acceptors (Lipinski definition) is 4. The Morgan fingerprint density at radius 3 is 2.52 bits per heavy atom. The Hall–Kier alpha value is -2.63. The first kappa shape index (κ1) is 17.8. The molecule has 0 N–H and O–H groups in total. The molecule has 1 saturated heterocycles. The second kappa shape index (κ2) is 7.55. The zero-order valence-corrected chi connectivity index (χ0v) is 16.3. The molecule has 1 aliphatic heterocycles. The molecule has 5 heteroatoms. The number of thioether (sulfide) groups is 1. The minimum atomic E-state index is -0.0814. The Morgan fingerprint density at radius 1 is 1.04 bits per heavy atom.